The minimum Gasteiger partial charge on any atom is -0.328 e. The third-order valence-corrected chi connectivity index (χ3v) is 6.98. The maximum absolute atomic E-state index is 12.9. The molecule has 0 atom stereocenters. The number of rotatable bonds is 3. The van der Waals surface area contributed by atoms with Crippen molar-refractivity contribution in [1.29, 1.82) is 5.26 Å². The lowest BCUT2D eigenvalue weighted by molar-refractivity contribution is -0.917. The van der Waals surface area contributed by atoms with E-state index in [0.717, 1.165) is 50.4 Å². The number of amides is 1. The first-order chi connectivity index (χ1) is 13.2. The van der Waals surface area contributed by atoms with Gasteiger partial charge in [-0.3, -0.25) is 4.79 Å². The monoisotopic (exact) mass is 380 g/mol. The van der Waals surface area contributed by atoms with E-state index in [1.807, 2.05) is 29.2 Å². The Kier molecular flexibility index (Phi) is 5.56. The number of fused-ring (bicyclic) bond motifs is 1. The van der Waals surface area contributed by atoms with Gasteiger partial charge in [0.15, 0.2) is 0 Å². The molecule has 4 rings (SSSR count). The number of hydrogen-bond acceptors (Lipinski definition) is 3. The maximum atomic E-state index is 12.9. The Morgan fingerprint density at radius 3 is 2.59 bits per heavy atom. The number of thiophene rings is 1. The van der Waals surface area contributed by atoms with Crippen LogP contribution in [0.2, 0.25) is 0 Å². The summed E-state index contributed by atoms with van der Waals surface area (Å²) in [6, 6.07) is 12.2. The molecule has 4 nitrogen and oxygen atoms in total. The van der Waals surface area contributed by atoms with Crippen molar-refractivity contribution in [2.75, 3.05) is 26.2 Å². The Morgan fingerprint density at radius 1 is 1.11 bits per heavy atom. The van der Waals surface area contributed by atoms with E-state index in [1.165, 1.54) is 40.2 Å². The summed E-state index contributed by atoms with van der Waals surface area (Å²) >= 11 is 1.73. The fraction of sp³-hybridized carbons (Fsp3) is 0.455. The van der Waals surface area contributed by atoms with Gasteiger partial charge in [0.2, 0.25) is 0 Å². The Labute approximate surface area is 165 Å². The lowest BCUT2D eigenvalue weighted by Gasteiger charge is -2.32. The molecule has 1 aliphatic heterocycles. The molecule has 140 valence electrons. The fourth-order valence-electron chi connectivity index (χ4n) is 4.12. The largest absolute Gasteiger partial charge is 0.328 e. The van der Waals surface area contributed by atoms with Gasteiger partial charge in [0.1, 0.15) is 6.54 Å². The quantitative estimate of drug-likeness (QED) is 0.832. The normalized spacial score (nSPS) is 17.8. The smallest absolute Gasteiger partial charge is 0.264 e. The van der Waals surface area contributed by atoms with Gasteiger partial charge in [-0.2, -0.15) is 5.26 Å². The molecule has 1 amide bonds. The van der Waals surface area contributed by atoms with Crippen molar-refractivity contribution in [2.24, 2.45) is 0 Å². The van der Waals surface area contributed by atoms with Crippen LogP contribution in [0.1, 0.15) is 50.5 Å². The zero-order chi connectivity index (χ0) is 18.6. The topological polar surface area (TPSA) is 48.5 Å². The number of nitriles is 1. The predicted molar refractivity (Wildman–Crippen MR) is 107 cm³/mol. The Hall–Kier alpha value is -2.16. The van der Waals surface area contributed by atoms with Crippen LogP contribution in [0.25, 0.3) is 0 Å². The third-order valence-electron chi connectivity index (χ3n) is 5.75. The minimum absolute atomic E-state index is 0.227. The summed E-state index contributed by atoms with van der Waals surface area (Å²) in [7, 11) is 0. The molecular weight excluding hydrogens is 354 g/mol. The first kappa shape index (κ1) is 18.2. The molecule has 1 N–H and O–H groups in total. The summed E-state index contributed by atoms with van der Waals surface area (Å²) in [5, 5.41) is 8.90. The van der Waals surface area contributed by atoms with Gasteiger partial charge < -0.3 is 9.80 Å². The lowest BCUT2D eigenvalue weighted by atomic mass is 10.1. The van der Waals surface area contributed by atoms with Crippen molar-refractivity contribution >= 4 is 17.2 Å². The van der Waals surface area contributed by atoms with Crippen molar-refractivity contribution in [2.45, 2.75) is 38.6 Å². The van der Waals surface area contributed by atoms with Gasteiger partial charge in [-0.15, -0.1) is 11.3 Å². The number of piperazine rings is 1. The van der Waals surface area contributed by atoms with Gasteiger partial charge in [0.25, 0.3) is 5.91 Å². The van der Waals surface area contributed by atoms with E-state index in [4.69, 9.17) is 5.26 Å². The van der Waals surface area contributed by atoms with Crippen LogP contribution >= 0.6 is 11.3 Å². The molecule has 0 saturated carbocycles. The van der Waals surface area contributed by atoms with Crippen LogP contribution in [-0.2, 0) is 19.4 Å². The van der Waals surface area contributed by atoms with Crippen LogP contribution in [0.3, 0.4) is 0 Å². The molecule has 2 heterocycles. The molecule has 0 spiro atoms. The molecule has 0 bridgehead atoms. The van der Waals surface area contributed by atoms with E-state index >= 15 is 0 Å². The number of benzene rings is 1. The Morgan fingerprint density at radius 2 is 1.85 bits per heavy atom. The summed E-state index contributed by atoms with van der Waals surface area (Å²) in [6.45, 7) is 4.58. The summed E-state index contributed by atoms with van der Waals surface area (Å²) in [5.41, 5.74) is 3.38. The molecule has 1 aliphatic carbocycles. The van der Waals surface area contributed by atoms with E-state index < -0.39 is 0 Å². The zero-order valence-electron chi connectivity index (χ0n) is 15.7. The molecule has 1 aromatic heterocycles. The van der Waals surface area contributed by atoms with E-state index in [9.17, 15) is 4.79 Å². The molecule has 0 unspecified atom stereocenters. The number of aryl methyl sites for hydroxylation is 2. The standard InChI is InChI=1S/C22H25N3OS/c23-15-17-6-8-18(9-7-17)16-24-10-12-25(13-11-24)22(26)21-14-19-4-2-1-3-5-20(19)27-21/h6-9,14H,1-5,10-13,16H2/p+1. The highest BCUT2D eigenvalue weighted by Crippen LogP contribution is 2.29. The van der Waals surface area contributed by atoms with E-state index in [0.29, 0.717) is 5.56 Å². The molecule has 27 heavy (non-hydrogen) atoms. The van der Waals surface area contributed by atoms with E-state index in [1.54, 1.807) is 11.3 Å². The number of carbonyl (C=O) groups is 1. The van der Waals surface area contributed by atoms with Crippen LogP contribution < -0.4 is 4.90 Å². The highest BCUT2D eigenvalue weighted by molar-refractivity contribution is 7.14. The summed E-state index contributed by atoms with van der Waals surface area (Å²) in [6.07, 6.45) is 6.12. The van der Waals surface area contributed by atoms with Crippen LogP contribution in [0.15, 0.2) is 30.3 Å². The molecule has 1 fully saturated rings. The molecule has 2 aromatic rings. The average molecular weight is 381 g/mol. The van der Waals surface area contributed by atoms with Gasteiger partial charge in [0, 0.05) is 10.4 Å². The number of nitrogens with one attached hydrogen (secondary N) is 1. The summed E-state index contributed by atoms with van der Waals surface area (Å²) in [5.74, 6) is 0.227. The number of quaternary nitrogens is 1. The van der Waals surface area contributed by atoms with E-state index in [2.05, 4.69) is 12.1 Å². The molecule has 1 saturated heterocycles. The minimum atomic E-state index is 0.227. The van der Waals surface area contributed by atoms with Crippen LogP contribution in [0.4, 0.5) is 0 Å². The van der Waals surface area contributed by atoms with Gasteiger partial charge in [-0.25, -0.2) is 0 Å². The number of hydrogen-bond donors (Lipinski definition) is 1. The second-order valence-electron chi connectivity index (χ2n) is 7.65. The van der Waals surface area contributed by atoms with Crippen molar-refractivity contribution < 1.29 is 9.69 Å². The molecule has 5 heteroatoms. The first-order valence-electron chi connectivity index (χ1n) is 9.96. The van der Waals surface area contributed by atoms with Crippen molar-refractivity contribution in [3.05, 3.63) is 56.8 Å². The highest BCUT2D eigenvalue weighted by atomic mass is 32.1. The Bertz CT molecular complexity index is 818. The maximum Gasteiger partial charge on any atom is 0.264 e. The number of carbonyl (C=O) groups excluding carboxylic acids is 1. The van der Waals surface area contributed by atoms with Gasteiger partial charge >= 0.3 is 0 Å². The van der Waals surface area contributed by atoms with Crippen molar-refractivity contribution in [3.63, 3.8) is 0 Å². The van der Waals surface area contributed by atoms with Crippen LogP contribution in [-0.4, -0.2) is 37.0 Å². The van der Waals surface area contributed by atoms with Crippen LogP contribution in [0.5, 0.6) is 0 Å². The molecule has 2 aliphatic rings. The van der Waals surface area contributed by atoms with Gasteiger partial charge in [-0.1, -0.05) is 18.6 Å². The van der Waals surface area contributed by atoms with Gasteiger partial charge in [-0.05, 0) is 49.4 Å². The molecular formula is C22H26N3OS+. The second-order valence-corrected chi connectivity index (χ2v) is 8.78. The molecule has 1 aromatic carbocycles. The zero-order valence-corrected chi connectivity index (χ0v) is 16.5. The average Bonchev–Trinajstić information content (AvgIpc) is 2.99. The summed E-state index contributed by atoms with van der Waals surface area (Å²) < 4.78 is 0. The van der Waals surface area contributed by atoms with Crippen molar-refractivity contribution in [3.8, 4) is 6.07 Å². The predicted octanol–water partition coefficient (Wildman–Crippen LogP) is 2.43. The molecule has 0 radical (unpaired) electrons. The second kappa shape index (κ2) is 8.24. The fourth-order valence-corrected chi connectivity index (χ4v) is 5.34. The van der Waals surface area contributed by atoms with Crippen LogP contribution in [0, 0.1) is 11.3 Å². The third kappa shape index (κ3) is 4.23. The summed E-state index contributed by atoms with van der Waals surface area (Å²) in [4.78, 5) is 18.9. The van der Waals surface area contributed by atoms with E-state index in [-0.39, 0.29) is 5.91 Å². The SMILES string of the molecule is N#Cc1ccc(C[NH+]2CCN(C(=O)c3cc4c(s3)CCCCC4)CC2)cc1. The Balaban J connectivity index is 1.33. The van der Waals surface area contributed by atoms with Gasteiger partial charge in [0.05, 0.1) is 42.7 Å². The van der Waals surface area contributed by atoms with Crippen molar-refractivity contribution in [1.82, 2.24) is 4.90 Å². The highest BCUT2D eigenvalue weighted by Gasteiger charge is 2.26. The first-order valence-corrected chi connectivity index (χ1v) is 10.8. The lowest BCUT2D eigenvalue weighted by Crippen LogP contribution is -3.13. The number of nitrogens with zero attached hydrogens (tertiary/aromatic N) is 2.